The molecule has 3 N–H and O–H groups in total. The van der Waals surface area contributed by atoms with Gasteiger partial charge in [0.2, 0.25) is 0 Å². The van der Waals surface area contributed by atoms with E-state index in [0.29, 0.717) is 42.5 Å². The van der Waals surface area contributed by atoms with E-state index in [-0.39, 0.29) is 16.7 Å². The third-order valence-electron chi connectivity index (χ3n) is 7.80. The number of nitrogens with two attached hydrogens (primary N) is 1. The lowest BCUT2D eigenvalue weighted by atomic mass is 10.0. The van der Waals surface area contributed by atoms with Gasteiger partial charge in [-0.3, -0.25) is 4.79 Å². The molecule has 1 unspecified atom stereocenters. The zero-order chi connectivity index (χ0) is 33.9. The zero-order valence-electron chi connectivity index (χ0n) is 27.4. The predicted molar refractivity (Wildman–Crippen MR) is 187 cm³/mol. The molecule has 2 aromatic carbocycles. The van der Waals surface area contributed by atoms with Gasteiger partial charge in [-0.15, -0.1) is 11.3 Å². The van der Waals surface area contributed by atoms with Crippen molar-refractivity contribution < 1.29 is 24.2 Å². The molecule has 246 valence electrons. The summed E-state index contributed by atoms with van der Waals surface area (Å²) in [7, 11) is 0. The Kier molecular flexibility index (Phi) is 9.76. The average Bonchev–Trinajstić information content (AvgIpc) is 3.45. The van der Waals surface area contributed by atoms with E-state index in [0.717, 1.165) is 28.2 Å². The summed E-state index contributed by atoms with van der Waals surface area (Å²) in [5.41, 5.74) is 9.67. The number of aryl methyl sites for hydroxylation is 1. The van der Waals surface area contributed by atoms with E-state index in [1.165, 1.54) is 11.3 Å². The van der Waals surface area contributed by atoms with Gasteiger partial charge >= 0.3 is 6.09 Å². The van der Waals surface area contributed by atoms with Crippen LogP contribution in [0.4, 0.5) is 21.3 Å². The average molecular weight is 656 g/mol. The first-order chi connectivity index (χ1) is 22.3. The number of thiophene rings is 1. The number of carbonyl (C=O) groups excluding carboxylic acids is 2. The topological polar surface area (TPSA) is 121 Å². The third-order valence-corrected chi connectivity index (χ3v) is 8.93. The molecule has 1 fully saturated rings. The fraction of sp³-hybridized carbons (Fsp3) is 0.306. The zero-order valence-corrected chi connectivity index (χ0v) is 28.2. The summed E-state index contributed by atoms with van der Waals surface area (Å²) in [5, 5.41) is 11.0. The fourth-order valence-corrected chi connectivity index (χ4v) is 6.38. The van der Waals surface area contributed by atoms with Crippen molar-refractivity contribution >= 4 is 39.8 Å². The molecular formula is C36H41N5O5S. The molecule has 4 aromatic rings. The maximum Gasteiger partial charge on any atom is 0.410 e. The Morgan fingerprint density at radius 2 is 1.77 bits per heavy atom. The fourth-order valence-electron chi connectivity index (χ4n) is 5.43. The maximum absolute atomic E-state index is 12.4. The second kappa shape index (κ2) is 13.8. The molecule has 5 rings (SSSR count). The van der Waals surface area contributed by atoms with E-state index < -0.39 is 17.6 Å². The van der Waals surface area contributed by atoms with Crippen molar-refractivity contribution in [2.45, 2.75) is 46.3 Å². The van der Waals surface area contributed by atoms with Crippen LogP contribution in [-0.4, -0.2) is 58.8 Å². The van der Waals surface area contributed by atoms with Crippen LogP contribution < -0.4 is 20.3 Å². The number of nitrogens with zero attached hydrogens (tertiary/aromatic N) is 4. The highest BCUT2D eigenvalue weighted by molar-refractivity contribution is 7.18. The van der Waals surface area contributed by atoms with E-state index in [4.69, 9.17) is 20.2 Å². The van der Waals surface area contributed by atoms with Gasteiger partial charge in [-0.05, 0) is 76.1 Å². The number of aromatic nitrogens is 1. The summed E-state index contributed by atoms with van der Waals surface area (Å²) >= 11 is 1.21. The first-order valence-corrected chi connectivity index (χ1v) is 16.3. The van der Waals surface area contributed by atoms with Crippen molar-refractivity contribution in [2.24, 2.45) is 5.73 Å². The second-order valence-electron chi connectivity index (χ2n) is 12.4. The van der Waals surface area contributed by atoms with E-state index in [9.17, 15) is 14.7 Å². The summed E-state index contributed by atoms with van der Waals surface area (Å²) in [6, 6.07) is 18.9. The summed E-state index contributed by atoms with van der Waals surface area (Å²) in [5.74, 6) is 0.716. The molecule has 0 saturated carbocycles. The molecule has 1 saturated heterocycles. The van der Waals surface area contributed by atoms with Gasteiger partial charge in [-0.1, -0.05) is 30.8 Å². The number of amides is 2. The van der Waals surface area contributed by atoms with Gasteiger partial charge in [0.25, 0.3) is 5.91 Å². The van der Waals surface area contributed by atoms with Crippen molar-refractivity contribution in [3.63, 3.8) is 0 Å². The number of ether oxygens (including phenoxy) is 2. The van der Waals surface area contributed by atoms with Gasteiger partial charge in [0.1, 0.15) is 38.9 Å². The van der Waals surface area contributed by atoms with E-state index >= 15 is 0 Å². The maximum atomic E-state index is 12.4. The normalized spacial score (nSPS) is 14.0. The minimum atomic E-state index is -0.599. The molecule has 11 heteroatoms. The lowest BCUT2D eigenvalue weighted by Gasteiger charge is -2.36. The predicted octanol–water partition coefficient (Wildman–Crippen LogP) is 7.40. The van der Waals surface area contributed by atoms with Crippen molar-refractivity contribution in [2.75, 3.05) is 36.0 Å². The van der Waals surface area contributed by atoms with Crippen LogP contribution in [0, 0.1) is 6.92 Å². The summed E-state index contributed by atoms with van der Waals surface area (Å²) in [6.45, 7) is 16.0. The number of para-hydroxylation sites is 1. The van der Waals surface area contributed by atoms with E-state index in [2.05, 4.69) is 23.6 Å². The number of benzene rings is 2. The van der Waals surface area contributed by atoms with Crippen molar-refractivity contribution in [1.82, 2.24) is 9.88 Å². The number of aromatic hydroxyl groups is 1. The second-order valence-corrected chi connectivity index (χ2v) is 13.4. The van der Waals surface area contributed by atoms with Gasteiger partial charge in [0.15, 0.2) is 0 Å². The Hall–Kier alpha value is -5.03. The van der Waals surface area contributed by atoms with E-state index in [1.54, 1.807) is 42.3 Å². The molecule has 0 radical (unpaired) electrons. The van der Waals surface area contributed by atoms with Crippen molar-refractivity contribution in [1.29, 1.82) is 0 Å². The van der Waals surface area contributed by atoms with Crippen molar-refractivity contribution in [3.8, 4) is 22.6 Å². The minimum Gasteiger partial charge on any atom is -0.508 e. The third kappa shape index (κ3) is 7.69. The molecule has 1 aliphatic heterocycles. The number of piperazine rings is 1. The van der Waals surface area contributed by atoms with Crippen LogP contribution in [0.15, 0.2) is 79.6 Å². The molecule has 2 aromatic heterocycles. The first-order valence-electron chi connectivity index (χ1n) is 15.4. The standard InChI is InChI=1S/C36H41N5O5S/c1-7-41(32-21-30(33(47-32)34(37)43)45-24(3)27-10-8-9-11-29(27)42)28-14-12-25(20-23(28)2)26-13-15-31(38-22-26)39-16-18-40(19-17-39)35(44)46-36(4,5)6/h7-15,20-22,24,42H,1,16-19H2,2-6H3,(H2,37,43). The largest absolute Gasteiger partial charge is 0.508 e. The molecular weight excluding hydrogens is 614 g/mol. The van der Waals surface area contributed by atoms with Gasteiger partial charge < -0.3 is 35.0 Å². The summed E-state index contributed by atoms with van der Waals surface area (Å²) in [6.07, 6.45) is 2.75. The number of rotatable bonds is 9. The Labute approximate surface area is 279 Å². The minimum absolute atomic E-state index is 0.113. The van der Waals surface area contributed by atoms with Crippen molar-refractivity contribution in [3.05, 3.63) is 95.6 Å². The van der Waals surface area contributed by atoms with Gasteiger partial charge in [-0.2, -0.15) is 0 Å². The first kappa shape index (κ1) is 33.3. The van der Waals surface area contributed by atoms with Gasteiger partial charge in [0, 0.05) is 61.5 Å². The van der Waals surface area contributed by atoms with Crippen LogP contribution >= 0.6 is 11.3 Å². The molecule has 1 atom stereocenters. The SMILES string of the molecule is C=CN(c1cc(OC(C)c2ccccc2O)c(C(N)=O)s1)c1ccc(-c2ccc(N3CCN(C(=O)OC(C)(C)C)CC3)nc2)cc1C. The highest BCUT2D eigenvalue weighted by Gasteiger charge is 2.27. The number of anilines is 3. The molecule has 3 heterocycles. The quantitative estimate of drug-likeness (QED) is 0.191. The van der Waals surface area contributed by atoms with Crippen LogP contribution in [0.25, 0.3) is 11.1 Å². The number of carbonyl (C=O) groups is 2. The van der Waals surface area contributed by atoms with Gasteiger partial charge in [0.05, 0.1) is 0 Å². The number of pyridine rings is 1. The number of hydrogen-bond acceptors (Lipinski definition) is 9. The van der Waals surface area contributed by atoms with Crippen LogP contribution in [0.3, 0.4) is 0 Å². The number of phenolic OH excluding ortho intramolecular Hbond substituents is 1. The molecule has 0 bridgehead atoms. The highest BCUT2D eigenvalue weighted by Crippen LogP contribution is 2.42. The number of phenols is 1. The Bertz CT molecular complexity index is 1760. The number of hydrogen-bond donors (Lipinski definition) is 2. The molecule has 2 amide bonds. The smallest absolute Gasteiger partial charge is 0.410 e. The highest BCUT2D eigenvalue weighted by atomic mass is 32.1. The van der Waals surface area contributed by atoms with Crippen LogP contribution in [0.2, 0.25) is 0 Å². The van der Waals surface area contributed by atoms with Crippen LogP contribution in [0.5, 0.6) is 11.5 Å². The summed E-state index contributed by atoms with van der Waals surface area (Å²) in [4.78, 5) is 35.6. The Balaban J connectivity index is 1.29. The monoisotopic (exact) mass is 655 g/mol. The Morgan fingerprint density at radius 3 is 2.36 bits per heavy atom. The Morgan fingerprint density at radius 1 is 1.06 bits per heavy atom. The number of primary amides is 1. The lowest BCUT2D eigenvalue weighted by molar-refractivity contribution is 0.0240. The molecule has 0 aliphatic carbocycles. The molecule has 0 spiro atoms. The molecule has 47 heavy (non-hydrogen) atoms. The molecule has 1 aliphatic rings. The van der Waals surface area contributed by atoms with Gasteiger partial charge in [-0.25, -0.2) is 9.78 Å². The lowest BCUT2D eigenvalue weighted by Crippen LogP contribution is -2.50. The summed E-state index contributed by atoms with van der Waals surface area (Å²) < 4.78 is 11.6. The van der Waals surface area contributed by atoms with E-state index in [1.807, 2.05) is 63.1 Å². The van der Waals surface area contributed by atoms with Crippen LogP contribution in [0.1, 0.15) is 54.6 Å². The molecule has 10 nitrogen and oxygen atoms in total. The van der Waals surface area contributed by atoms with Crippen LogP contribution in [-0.2, 0) is 4.74 Å².